The van der Waals surface area contributed by atoms with Gasteiger partial charge in [0.05, 0.1) is 15.8 Å². The number of carbonyl (C=O) groups is 1. The zero-order valence-electron chi connectivity index (χ0n) is 12.0. The number of fused-ring (bicyclic) bond motifs is 1. The molecule has 22 heavy (non-hydrogen) atoms. The maximum absolute atomic E-state index is 12.7. The molecule has 4 nitrogen and oxygen atoms in total. The summed E-state index contributed by atoms with van der Waals surface area (Å²) in [7, 11) is 0. The molecule has 0 bridgehead atoms. The fourth-order valence-corrected chi connectivity index (χ4v) is 3.79. The van der Waals surface area contributed by atoms with Gasteiger partial charge in [0.15, 0.2) is 0 Å². The van der Waals surface area contributed by atoms with Gasteiger partial charge in [-0.2, -0.15) is 0 Å². The molecule has 1 aromatic carbocycles. The molecule has 0 N–H and O–H groups in total. The number of pyridine rings is 1. The number of para-hydroxylation sites is 1. The monoisotopic (exact) mass is 309 g/mol. The second kappa shape index (κ2) is 5.50. The van der Waals surface area contributed by atoms with Crippen LogP contribution in [0.25, 0.3) is 20.9 Å². The first-order chi connectivity index (χ1) is 10.8. The molecule has 1 aliphatic heterocycles. The molecule has 1 amide bonds. The Morgan fingerprint density at radius 3 is 2.73 bits per heavy atom. The quantitative estimate of drug-likeness (QED) is 0.726. The van der Waals surface area contributed by atoms with Gasteiger partial charge in [0.2, 0.25) is 0 Å². The van der Waals surface area contributed by atoms with Crippen LogP contribution in [0.2, 0.25) is 0 Å². The number of hydrogen-bond acceptors (Lipinski definition) is 4. The van der Waals surface area contributed by atoms with E-state index in [2.05, 4.69) is 9.97 Å². The number of hydrogen-bond donors (Lipinski definition) is 0. The fourth-order valence-electron chi connectivity index (χ4n) is 2.81. The minimum atomic E-state index is 0.0693. The maximum Gasteiger partial charge on any atom is 0.256 e. The van der Waals surface area contributed by atoms with E-state index < -0.39 is 0 Å². The van der Waals surface area contributed by atoms with E-state index in [-0.39, 0.29) is 5.91 Å². The summed E-state index contributed by atoms with van der Waals surface area (Å²) in [5.74, 6) is 0.0693. The largest absolute Gasteiger partial charge is 0.339 e. The van der Waals surface area contributed by atoms with E-state index in [1.165, 1.54) is 0 Å². The molecule has 0 saturated carbocycles. The maximum atomic E-state index is 12.7. The van der Waals surface area contributed by atoms with Crippen molar-refractivity contribution in [3.8, 4) is 10.7 Å². The van der Waals surface area contributed by atoms with Gasteiger partial charge in [0.1, 0.15) is 10.7 Å². The summed E-state index contributed by atoms with van der Waals surface area (Å²) in [5, 5.41) is 0.810. The van der Waals surface area contributed by atoms with Crippen LogP contribution < -0.4 is 0 Å². The van der Waals surface area contributed by atoms with Crippen molar-refractivity contribution >= 4 is 27.5 Å². The summed E-state index contributed by atoms with van der Waals surface area (Å²) in [6, 6.07) is 11.7. The second-order valence-corrected chi connectivity index (χ2v) is 6.42. The van der Waals surface area contributed by atoms with Crippen LogP contribution in [0.15, 0.2) is 42.6 Å². The van der Waals surface area contributed by atoms with E-state index in [0.717, 1.165) is 41.2 Å². The Morgan fingerprint density at radius 1 is 1.09 bits per heavy atom. The topological polar surface area (TPSA) is 46.1 Å². The van der Waals surface area contributed by atoms with Crippen LogP contribution in [0, 0.1) is 0 Å². The molecule has 2 aromatic heterocycles. The van der Waals surface area contributed by atoms with E-state index in [0.29, 0.717) is 11.3 Å². The second-order valence-electron chi connectivity index (χ2n) is 5.39. The molecule has 4 rings (SSSR count). The average Bonchev–Trinajstić information content (AvgIpc) is 3.23. The lowest BCUT2D eigenvalue weighted by molar-refractivity contribution is 0.0793. The SMILES string of the molecule is O=C(c1cccnc1-c1nc2ccccc2s1)N1CCCC1. The highest BCUT2D eigenvalue weighted by atomic mass is 32.1. The van der Waals surface area contributed by atoms with E-state index >= 15 is 0 Å². The number of nitrogens with zero attached hydrogens (tertiary/aromatic N) is 3. The third-order valence-electron chi connectivity index (χ3n) is 3.93. The third kappa shape index (κ3) is 2.27. The summed E-state index contributed by atoms with van der Waals surface area (Å²) in [5.41, 5.74) is 2.30. The van der Waals surface area contributed by atoms with E-state index in [9.17, 15) is 4.79 Å². The molecule has 0 unspecified atom stereocenters. The standard InChI is InChI=1S/C17H15N3OS/c21-17(20-10-3-4-11-20)12-6-5-9-18-15(12)16-19-13-7-1-2-8-14(13)22-16/h1-2,5-9H,3-4,10-11H2. The van der Waals surface area contributed by atoms with Crippen molar-refractivity contribution in [3.63, 3.8) is 0 Å². The first kappa shape index (κ1) is 13.4. The van der Waals surface area contributed by atoms with E-state index in [1.807, 2.05) is 41.3 Å². The number of likely N-dealkylation sites (tertiary alicyclic amines) is 1. The molecule has 1 fully saturated rings. The highest BCUT2D eigenvalue weighted by Crippen LogP contribution is 2.31. The first-order valence-electron chi connectivity index (χ1n) is 7.43. The molecule has 5 heteroatoms. The Kier molecular flexibility index (Phi) is 3.35. The summed E-state index contributed by atoms with van der Waals surface area (Å²) in [6.07, 6.45) is 3.90. The van der Waals surface area contributed by atoms with Crippen LogP contribution in [-0.2, 0) is 0 Å². The van der Waals surface area contributed by atoms with Crippen LogP contribution >= 0.6 is 11.3 Å². The molecule has 110 valence electrons. The van der Waals surface area contributed by atoms with E-state index in [1.54, 1.807) is 17.5 Å². The van der Waals surface area contributed by atoms with Gasteiger partial charge in [0, 0.05) is 19.3 Å². The number of thiazole rings is 1. The predicted molar refractivity (Wildman–Crippen MR) is 88.0 cm³/mol. The highest BCUT2D eigenvalue weighted by Gasteiger charge is 2.23. The van der Waals surface area contributed by atoms with Crippen LogP contribution in [-0.4, -0.2) is 33.9 Å². The lowest BCUT2D eigenvalue weighted by atomic mass is 10.1. The van der Waals surface area contributed by atoms with Crippen LogP contribution in [0.1, 0.15) is 23.2 Å². The van der Waals surface area contributed by atoms with Gasteiger partial charge >= 0.3 is 0 Å². The van der Waals surface area contributed by atoms with Crippen molar-refractivity contribution in [2.75, 3.05) is 13.1 Å². The van der Waals surface area contributed by atoms with Crippen molar-refractivity contribution in [2.45, 2.75) is 12.8 Å². The Balaban J connectivity index is 1.79. The van der Waals surface area contributed by atoms with Crippen molar-refractivity contribution in [1.29, 1.82) is 0 Å². The van der Waals surface area contributed by atoms with Crippen LogP contribution in [0.3, 0.4) is 0 Å². The molecule has 3 heterocycles. The van der Waals surface area contributed by atoms with E-state index in [4.69, 9.17) is 0 Å². The molecule has 1 saturated heterocycles. The number of amides is 1. The highest BCUT2D eigenvalue weighted by molar-refractivity contribution is 7.21. The van der Waals surface area contributed by atoms with Crippen LogP contribution in [0.5, 0.6) is 0 Å². The minimum Gasteiger partial charge on any atom is -0.339 e. The summed E-state index contributed by atoms with van der Waals surface area (Å²) in [4.78, 5) is 23.7. The Morgan fingerprint density at radius 2 is 1.91 bits per heavy atom. The molecular weight excluding hydrogens is 294 g/mol. The Labute approximate surface area is 132 Å². The molecule has 0 radical (unpaired) electrons. The lowest BCUT2D eigenvalue weighted by Crippen LogP contribution is -2.28. The Hall–Kier alpha value is -2.27. The van der Waals surface area contributed by atoms with Gasteiger partial charge in [0.25, 0.3) is 5.91 Å². The molecule has 1 aliphatic rings. The summed E-state index contributed by atoms with van der Waals surface area (Å²) in [6.45, 7) is 1.68. The Bertz CT molecular complexity index is 804. The van der Waals surface area contributed by atoms with Gasteiger partial charge in [-0.25, -0.2) is 4.98 Å². The summed E-state index contributed by atoms with van der Waals surface area (Å²) >= 11 is 1.58. The number of aromatic nitrogens is 2. The molecule has 0 aliphatic carbocycles. The molecule has 3 aromatic rings. The number of rotatable bonds is 2. The summed E-state index contributed by atoms with van der Waals surface area (Å²) < 4.78 is 1.11. The number of carbonyl (C=O) groups excluding carboxylic acids is 1. The van der Waals surface area contributed by atoms with Crippen molar-refractivity contribution in [3.05, 3.63) is 48.2 Å². The van der Waals surface area contributed by atoms with Crippen LogP contribution in [0.4, 0.5) is 0 Å². The third-order valence-corrected chi connectivity index (χ3v) is 4.97. The zero-order valence-corrected chi connectivity index (χ0v) is 12.8. The van der Waals surface area contributed by atoms with Crippen molar-refractivity contribution in [1.82, 2.24) is 14.9 Å². The van der Waals surface area contributed by atoms with Gasteiger partial charge in [-0.15, -0.1) is 11.3 Å². The molecule has 0 spiro atoms. The van der Waals surface area contributed by atoms with Crippen molar-refractivity contribution in [2.24, 2.45) is 0 Å². The lowest BCUT2D eigenvalue weighted by Gasteiger charge is -2.16. The van der Waals surface area contributed by atoms with Gasteiger partial charge in [-0.1, -0.05) is 12.1 Å². The average molecular weight is 309 g/mol. The van der Waals surface area contributed by atoms with Gasteiger partial charge < -0.3 is 4.90 Å². The smallest absolute Gasteiger partial charge is 0.256 e. The normalized spacial score (nSPS) is 14.6. The zero-order chi connectivity index (χ0) is 14.9. The predicted octanol–water partition coefficient (Wildman–Crippen LogP) is 3.59. The van der Waals surface area contributed by atoms with Gasteiger partial charge in [-0.05, 0) is 37.1 Å². The molecular formula is C17H15N3OS. The molecule has 0 atom stereocenters. The minimum absolute atomic E-state index is 0.0693. The fraction of sp³-hybridized carbons (Fsp3) is 0.235. The van der Waals surface area contributed by atoms with Crippen molar-refractivity contribution < 1.29 is 4.79 Å². The first-order valence-corrected chi connectivity index (χ1v) is 8.25. The number of benzene rings is 1. The van der Waals surface area contributed by atoms with Gasteiger partial charge in [-0.3, -0.25) is 9.78 Å².